The number of carbonyl (C=O) groups is 1. The Morgan fingerprint density at radius 1 is 1.25 bits per heavy atom. The molecular formula is C18H21N5O. The number of hydrogen-bond acceptors (Lipinski definition) is 5. The number of nitriles is 1. The number of nitrogens with one attached hydrogen (secondary N) is 1. The number of carbonyl (C=O) groups excluding carboxylic acids is 1. The van der Waals surface area contributed by atoms with Crippen LogP contribution in [0.5, 0.6) is 0 Å². The number of anilines is 1. The van der Waals surface area contributed by atoms with Gasteiger partial charge < -0.3 is 0 Å². The molecule has 0 saturated carbocycles. The highest BCUT2D eigenvalue weighted by Crippen LogP contribution is 2.18. The molecule has 1 N–H and O–H groups in total. The van der Waals surface area contributed by atoms with Gasteiger partial charge in [0, 0.05) is 0 Å². The maximum atomic E-state index is 12.7. The van der Waals surface area contributed by atoms with Crippen LogP contribution in [0.2, 0.25) is 0 Å². The predicted octanol–water partition coefficient (Wildman–Crippen LogP) is 3.43. The summed E-state index contributed by atoms with van der Waals surface area (Å²) in [5.41, 5.74) is 5.07. The Hall–Kier alpha value is -2.94. The monoisotopic (exact) mass is 323 g/mol. The molecule has 0 atom stereocenters. The topological polar surface area (TPSA) is 83.1 Å². The van der Waals surface area contributed by atoms with Gasteiger partial charge in [0.1, 0.15) is 11.8 Å². The number of hydrazone groups is 1. The zero-order chi connectivity index (χ0) is 17.9. The fourth-order valence-electron chi connectivity index (χ4n) is 2.17. The molecule has 0 amide bonds. The second-order valence-corrected chi connectivity index (χ2v) is 6.63. The average Bonchev–Trinajstić information content (AvgIpc) is 2.91. The normalized spacial score (nSPS) is 11.9. The number of rotatable bonds is 4. The van der Waals surface area contributed by atoms with Crippen LogP contribution in [0.4, 0.5) is 5.69 Å². The molecule has 2 aromatic rings. The molecule has 0 fully saturated rings. The zero-order valence-electron chi connectivity index (χ0n) is 14.6. The summed E-state index contributed by atoms with van der Waals surface area (Å²) in [7, 11) is 0. The first-order valence-electron chi connectivity index (χ1n) is 7.64. The number of Topliss-reactive ketones (excluding diaryl/α,β-unsaturated/α-hetero) is 1. The minimum atomic E-state index is -0.451. The van der Waals surface area contributed by atoms with E-state index in [0.29, 0.717) is 11.4 Å². The van der Waals surface area contributed by atoms with Crippen LogP contribution in [0.1, 0.15) is 42.5 Å². The van der Waals surface area contributed by atoms with Gasteiger partial charge in [-0.05, 0) is 52.8 Å². The molecule has 0 unspecified atom stereocenters. The third-order valence-corrected chi connectivity index (χ3v) is 3.37. The van der Waals surface area contributed by atoms with Crippen molar-refractivity contribution >= 4 is 17.2 Å². The van der Waals surface area contributed by atoms with Gasteiger partial charge in [0.05, 0.1) is 16.9 Å². The van der Waals surface area contributed by atoms with Crippen molar-refractivity contribution in [3.8, 4) is 6.07 Å². The van der Waals surface area contributed by atoms with Gasteiger partial charge in [-0.1, -0.05) is 17.7 Å². The molecule has 124 valence electrons. The van der Waals surface area contributed by atoms with Crippen molar-refractivity contribution in [1.29, 1.82) is 5.26 Å². The van der Waals surface area contributed by atoms with E-state index in [0.717, 1.165) is 11.3 Å². The van der Waals surface area contributed by atoms with Gasteiger partial charge in [0.15, 0.2) is 0 Å². The van der Waals surface area contributed by atoms with E-state index < -0.39 is 5.78 Å². The Balaban J connectivity index is 2.31. The quantitative estimate of drug-likeness (QED) is 0.531. The summed E-state index contributed by atoms with van der Waals surface area (Å²) >= 11 is 0. The third kappa shape index (κ3) is 3.87. The van der Waals surface area contributed by atoms with E-state index in [-0.39, 0.29) is 11.3 Å². The number of aromatic nitrogens is 2. The molecule has 2 rings (SSSR count). The minimum absolute atomic E-state index is 0.207. The molecule has 1 aromatic carbocycles. The summed E-state index contributed by atoms with van der Waals surface area (Å²) in [5, 5.41) is 17.6. The van der Waals surface area contributed by atoms with Crippen LogP contribution in [-0.4, -0.2) is 21.3 Å². The highest BCUT2D eigenvalue weighted by atomic mass is 16.1. The van der Waals surface area contributed by atoms with Gasteiger partial charge in [0.25, 0.3) is 0 Å². The number of ketones is 1. The molecule has 0 radical (unpaired) electrons. The Bertz CT molecular complexity index is 817. The highest BCUT2D eigenvalue weighted by Gasteiger charge is 2.25. The summed E-state index contributed by atoms with van der Waals surface area (Å²) in [6, 6.07) is 11.1. The van der Waals surface area contributed by atoms with E-state index in [1.54, 1.807) is 10.7 Å². The van der Waals surface area contributed by atoms with Crippen molar-refractivity contribution in [2.45, 2.75) is 40.2 Å². The van der Waals surface area contributed by atoms with E-state index in [1.807, 2.05) is 65.0 Å². The summed E-state index contributed by atoms with van der Waals surface area (Å²) in [4.78, 5) is 12.7. The second-order valence-electron chi connectivity index (χ2n) is 6.63. The van der Waals surface area contributed by atoms with Crippen LogP contribution in [-0.2, 0) is 5.54 Å². The Morgan fingerprint density at radius 3 is 2.42 bits per heavy atom. The van der Waals surface area contributed by atoms with Crippen LogP contribution in [0.3, 0.4) is 0 Å². The standard InChI is InChI=1S/C18H21N5O/c1-12-6-8-14(9-7-12)20-21-15(11-19)17(24)16-10-13(2)22-23(16)18(3,4)5/h6-10,20H,1-5H3. The summed E-state index contributed by atoms with van der Waals surface area (Å²) in [6.45, 7) is 9.64. The molecule has 0 bridgehead atoms. The molecule has 0 saturated heterocycles. The first kappa shape index (κ1) is 17.4. The fraction of sp³-hybridized carbons (Fsp3) is 0.333. The van der Waals surface area contributed by atoms with Crippen molar-refractivity contribution in [2.75, 3.05) is 5.43 Å². The Labute approximate surface area is 141 Å². The van der Waals surface area contributed by atoms with Gasteiger partial charge in [0.2, 0.25) is 11.5 Å². The lowest BCUT2D eigenvalue weighted by molar-refractivity contribution is 0.105. The van der Waals surface area contributed by atoms with Crippen LogP contribution < -0.4 is 5.43 Å². The van der Waals surface area contributed by atoms with E-state index in [2.05, 4.69) is 15.6 Å². The molecule has 1 heterocycles. The number of aryl methyl sites for hydroxylation is 2. The summed E-state index contributed by atoms with van der Waals surface area (Å²) < 4.78 is 1.63. The molecule has 6 nitrogen and oxygen atoms in total. The van der Waals surface area contributed by atoms with Gasteiger partial charge in [-0.15, -0.1) is 0 Å². The zero-order valence-corrected chi connectivity index (χ0v) is 14.6. The lowest BCUT2D eigenvalue weighted by Gasteiger charge is -2.21. The summed E-state index contributed by atoms with van der Waals surface area (Å²) in [6.07, 6.45) is 0. The Kier molecular flexibility index (Phi) is 4.84. The maximum Gasteiger partial charge on any atom is 0.241 e. The Morgan fingerprint density at radius 2 is 1.88 bits per heavy atom. The van der Waals surface area contributed by atoms with Gasteiger partial charge in [-0.25, -0.2) is 0 Å². The molecule has 0 aliphatic rings. The highest BCUT2D eigenvalue weighted by molar-refractivity contribution is 6.51. The molecule has 0 spiro atoms. The van der Waals surface area contributed by atoms with Gasteiger partial charge >= 0.3 is 0 Å². The van der Waals surface area contributed by atoms with Crippen LogP contribution in [0, 0.1) is 25.2 Å². The van der Waals surface area contributed by atoms with Crippen molar-refractivity contribution < 1.29 is 4.79 Å². The molecular weight excluding hydrogens is 302 g/mol. The molecule has 0 aliphatic carbocycles. The minimum Gasteiger partial charge on any atom is -0.284 e. The van der Waals surface area contributed by atoms with Crippen LogP contribution in [0.25, 0.3) is 0 Å². The largest absolute Gasteiger partial charge is 0.284 e. The number of hydrogen-bond donors (Lipinski definition) is 1. The van der Waals surface area contributed by atoms with Crippen molar-refractivity contribution in [2.24, 2.45) is 5.10 Å². The average molecular weight is 323 g/mol. The van der Waals surface area contributed by atoms with Gasteiger partial charge in [-0.2, -0.15) is 15.5 Å². The smallest absolute Gasteiger partial charge is 0.241 e. The maximum absolute atomic E-state index is 12.7. The molecule has 1 aromatic heterocycles. The lowest BCUT2D eigenvalue weighted by atomic mass is 10.1. The van der Waals surface area contributed by atoms with E-state index >= 15 is 0 Å². The van der Waals surface area contributed by atoms with Crippen molar-refractivity contribution in [3.05, 3.63) is 47.3 Å². The SMILES string of the molecule is Cc1ccc(NN=C(C#N)C(=O)c2cc(C)nn2C(C)(C)C)cc1. The first-order chi connectivity index (χ1) is 11.2. The molecule has 6 heteroatoms. The van der Waals surface area contributed by atoms with Crippen LogP contribution >= 0.6 is 0 Å². The predicted molar refractivity (Wildman–Crippen MR) is 94.1 cm³/mol. The number of nitrogens with zero attached hydrogens (tertiary/aromatic N) is 4. The molecule has 0 aliphatic heterocycles. The van der Waals surface area contributed by atoms with Crippen LogP contribution in [0.15, 0.2) is 35.4 Å². The van der Waals surface area contributed by atoms with E-state index in [1.165, 1.54) is 0 Å². The number of benzene rings is 1. The van der Waals surface area contributed by atoms with E-state index in [9.17, 15) is 10.1 Å². The first-order valence-corrected chi connectivity index (χ1v) is 7.64. The third-order valence-electron chi connectivity index (χ3n) is 3.37. The summed E-state index contributed by atoms with van der Waals surface area (Å²) in [5.74, 6) is -0.451. The fourth-order valence-corrected chi connectivity index (χ4v) is 2.17. The second kappa shape index (κ2) is 6.67. The lowest BCUT2D eigenvalue weighted by Crippen LogP contribution is -2.29. The van der Waals surface area contributed by atoms with Crippen molar-refractivity contribution in [3.63, 3.8) is 0 Å². The van der Waals surface area contributed by atoms with E-state index in [4.69, 9.17) is 0 Å². The van der Waals surface area contributed by atoms with Gasteiger partial charge in [-0.3, -0.25) is 14.9 Å². The van der Waals surface area contributed by atoms with Crippen molar-refractivity contribution in [1.82, 2.24) is 9.78 Å². The molecule has 24 heavy (non-hydrogen) atoms.